The second-order valence-corrected chi connectivity index (χ2v) is 6.41. The van der Waals surface area contributed by atoms with E-state index in [0.717, 1.165) is 6.07 Å². The minimum atomic E-state index is -1.50. The first-order valence-electron chi connectivity index (χ1n) is 7.37. The summed E-state index contributed by atoms with van der Waals surface area (Å²) in [6.45, 7) is -0.0650. The number of Topliss-reactive ketones (excluding diaryl/α,β-unsaturated/α-hetero) is 1. The second kappa shape index (κ2) is 5.21. The third kappa shape index (κ3) is 2.11. The van der Waals surface area contributed by atoms with Crippen molar-refractivity contribution in [3.63, 3.8) is 0 Å². The maximum Gasteiger partial charge on any atom is 0.315 e. The number of ketones is 1. The van der Waals surface area contributed by atoms with Gasteiger partial charge in [-0.2, -0.15) is 0 Å². The Balaban J connectivity index is 1.96. The van der Waals surface area contributed by atoms with E-state index in [9.17, 15) is 30.0 Å². The fourth-order valence-corrected chi connectivity index (χ4v) is 3.97. The largest absolute Gasteiger partial charge is 0.508 e. The van der Waals surface area contributed by atoms with Crippen LogP contribution in [0.2, 0.25) is 0 Å². The van der Waals surface area contributed by atoms with Crippen LogP contribution in [-0.4, -0.2) is 51.5 Å². The number of carboxylic acids is 1. The van der Waals surface area contributed by atoms with Crippen molar-refractivity contribution in [2.24, 2.45) is 10.8 Å². The summed E-state index contributed by atoms with van der Waals surface area (Å²) in [6.07, 6.45) is -0.609. The molecule has 7 heteroatoms. The van der Waals surface area contributed by atoms with E-state index in [0.29, 0.717) is 6.42 Å². The summed E-state index contributed by atoms with van der Waals surface area (Å²) in [4.78, 5) is 24.4. The van der Waals surface area contributed by atoms with E-state index in [1.807, 2.05) is 0 Å². The maximum absolute atomic E-state index is 12.6. The SMILES string of the molecule is O=C(CC12CCC(O)C1(C(=O)O)COC2)c1cc(O)ccc1O. The van der Waals surface area contributed by atoms with Crippen molar-refractivity contribution in [1.82, 2.24) is 0 Å². The zero-order chi connectivity index (χ0) is 16.8. The molecule has 1 aliphatic carbocycles. The number of carbonyl (C=O) groups is 2. The number of phenolic OH excluding ortho intramolecular Hbond substituents is 2. The highest BCUT2D eigenvalue weighted by Crippen LogP contribution is 2.59. The fourth-order valence-electron chi connectivity index (χ4n) is 3.97. The first kappa shape index (κ1) is 15.8. The van der Waals surface area contributed by atoms with E-state index >= 15 is 0 Å². The average Bonchev–Trinajstić information content (AvgIpc) is 2.98. The summed E-state index contributed by atoms with van der Waals surface area (Å²) in [6, 6.07) is 3.61. The lowest BCUT2D eigenvalue weighted by molar-refractivity contribution is -0.160. The van der Waals surface area contributed by atoms with Crippen LogP contribution in [-0.2, 0) is 9.53 Å². The van der Waals surface area contributed by atoms with Gasteiger partial charge in [0.2, 0.25) is 0 Å². The topological polar surface area (TPSA) is 124 Å². The van der Waals surface area contributed by atoms with Gasteiger partial charge in [-0.25, -0.2) is 0 Å². The molecule has 1 aromatic rings. The summed E-state index contributed by atoms with van der Waals surface area (Å²) < 4.78 is 5.34. The van der Waals surface area contributed by atoms with Crippen LogP contribution in [0.4, 0.5) is 0 Å². The average molecular weight is 322 g/mol. The number of aliphatic carboxylic acids is 1. The first-order chi connectivity index (χ1) is 10.8. The van der Waals surface area contributed by atoms with Crippen molar-refractivity contribution in [1.29, 1.82) is 0 Å². The number of carbonyl (C=O) groups excluding carboxylic acids is 1. The molecule has 0 spiro atoms. The number of fused-ring (bicyclic) bond motifs is 1. The number of aliphatic hydroxyl groups excluding tert-OH is 1. The van der Waals surface area contributed by atoms with Gasteiger partial charge in [-0.1, -0.05) is 0 Å². The molecule has 2 aliphatic rings. The van der Waals surface area contributed by atoms with Crippen molar-refractivity contribution in [3.8, 4) is 11.5 Å². The Morgan fingerprint density at radius 1 is 1.26 bits per heavy atom. The summed E-state index contributed by atoms with van der Waals surface area (Å²) >= 11 is 0. The zero-order valence-electron chi connectivity index (χ0n) is 12.4. The number of phenols is 2. The predicted octanol–water partition coefficient (Wildman–Crippen LogP) is 0.913. The molecule has 1 saturated heterocycles. The molecule has 3 rings (SSSR count). The minimum absolute atomic E-state index is 0.0630. The van der Waals surface area contributed by atoms with Crippen LogP contribution in [0.25, 0.3) is 0 Å². The normalized spacial score (nSPS) is 32.7. The van der Waals surface area contributed by atoms with Crippen molar-refractivity contribution >= 4 is 11.8 Å². The standard InChI is InChI=1S/C16H18O7/c17-9-1-2-11(18)10(5-9)12(19)6-15-4-3-13(20)16(15,14(21)22)8-23-7-15/h1-2,5,13,17-18,20H,3-4,6-8H2,(H,21,22). The van der Waals surface area contributed by atoms with Gasteiger partial charge in [-0.05, 0) is 31.0 Å². The highest BCUT2D eigenvalue weighted by atomic mass is 16.5. The Labute approximate surface area is 132 Å². The van der Waals surface area contributed by atoms with Gasteiger partial charge in [0.05, 0.1) is 24.9 Å². The van der Waals surface area contributed by atoms with Crippen molar-refractivity contribution in [3.05, 3.63) is 23.8 Å². The number of hydrogen-bond acceptors (Lipinski definition) is 6. The van der Waals surface area contributed by atoms with Gasteiger partial charge in [-0.3, -0.25) is 9.59 Å². The van der Waals surface area contributed by atoms with Crippen LogP contribution in [0.3, 0.4) is 0 Å². The molecule has 2 fully saturated rings. The van der Waals surface area contributed by atoms with E-state index in [-0.39, 0.29) is 43.1 Å². The lowest BCUT2D eigenvalue weighted by Gasteiger charge is -2.36. The number of ether oxygens (including phenoxy) is 1. The lowest BCUT2D eigenvalue weighted by Crippen LogP contribution is -2.50. The molecule has 4 N–H and O–H groups in total. The highest BCUT2D eigenvalue weighted by Gasteiger charge is 2.68. The molecule has 1 saturated carbocycles. The number of rotatable bonds is 4. The van der Waals surface area contributed by atoms with E-state index in [2.05, 4.69) is 0 Å². The molecule has 3 unspecified atom stereocenters. The Morgan fingerprint density at radius 2 is 2.00 bits per heavy atom. The molecule has 23 heavy (non-hydrogen) atoms. The van der Waals surface area contributed by atoms with Crippen LogP contribution in [0.5, 0.6) is 11.5 Å². The molecule has 7 nitrogen and oxygen atoms in total. The predicted molar refractivity (Wildman–Crippen MR) is 77.3 cm³/mol. The Bertz CT molecular complexity index is 670. The third-order valence-corrected chi connectivity index (χ3v) is 5.28. The van der Waals surface area contributed by atoms with Gasteiger partial charge >= 0.3 is 5.97 Å². The Kier molecular flexibility index (Phi) is 3.57. The fraction of sp³-hybridized carbons (Fsp3) is 0.500. The monoisotopic (exact) mass is 322 g/mol. The molecule has 124 valence electrons. The Morgan fingerprint density at radius 3 is 2.70 bits per heavy atom. The minimum Gasteiger partial charge on any atom is -0.508 e. The third-order valence-electron chi connectivity index (χ3n) is 5.28. The molecule has 0 aromatic heterocycles. The molecule has 0 amide bonds. The van der Waals surface area contributed by atoms with Crippen molar-refractivity contribution in [2.45, 2.75) is 25.4 Å². The van der Waals surface area contributed by atoms with E-state index < -0.39 is 28.7 Å². The molecular formula is C16H18O7. The molecule has 0 bridgehead atoms. The van der Waals surface area contributed by atoms with Crippen molar-refractivity contribution < 1.29 is 34.8 Å². The van der Waals surface area contributed by atoms with Gasteiger partial charge in [0, 0.05) is 11.8 Å². The van der Waals surface area contributed by atoms with E-state index in [1.165, 1.54) is 12.1 Å². The molecular weight excluding hydrogens is 304 g/mol. The van der Waals surface area contributed by atoms with Crippen LogP contribution in [0.1, 0.15) is 29.6 Å². The van der Waals surface area contributed by atoms with Crippen LogP contribution in [0, 0.1) is 10.8 Å². The quantitative estimate of drug-likeness (QED) is 0.480. The van der Waals surface area contributed by atoms with Crippen LogP contribution in [0.15, 0.2) is 18.2 Å². The first-order valence-corrected chi connectivity index (χ1v) is 7.37. The summed E-state index contributed by atoms with van der Waals surface area (Å²) in [5.41, 5.74) is -2.57. The van der Waals surface area contributed by atoms with E-state index in [4.69, 9.17) is 4.74 Å². The van der Waals surface area contributed by atoms with Gasteiger partial charge < -0.3 is 25.2 Å². The number of hydrogen-bond donors (Lipinski definition) is 4. The smallest absolute Gasteiger partial charge is 0.315 e. The summed E-state index contributed by atoms with van der Waals surface area (Å²) in [5, 5.41) is 39.2. The number of aliphatic hydroxyl groups is 1. The highest BCUT2D eigenvalue weighted by molar-refractivity contribution is 6.00. The molecule has 0 radical (unpaired) electrons. The van der Waals surface area contributed by atoms with Gasteiger partial charge in [0.25, 0.3) is 0 Å². The van der Waals surface area contributed by atoms with Gasteiger partial charge in [-0.15, -0.1) is 0 Å². The number of aromatic hydroxyl groups is 2. The van der Waals surface area contributed by atoms with Crippen LogP contribution >= 0.6 is 0 Å². The van der Waals surface area contributed by atoms with Crippen molar-refractivity contribution in [2.75, 3.05) is 13.2 Å². The summed E-state index contributed by atoms with van der Waals surface area (Å²) in [7, 11) is 0. The second-order valence-electron chi connectivity index (χ2n) is 6.41. The molecule has 1 heterocycles. The van der Waals surface area contributed by atoms with Gasteiger partial charge in [0.1, 0.15) is 16.9 Å². The number of carboxylic acid groups (broad SMARTS) is 1. The van der Waals surface area contributed by atoms with Gasteiger partial charge in [0.15, 0.2) is 5.78 Å². The molecule has 1 aromatic carbocycles. The molecule has 3 atom stereocenters. The van der Waals surface area contributed by atoms with Crippen LogP contribution < -0.4 is 0 Å². The summed E-state index contributed by atoms with van der Waals surface area (Å²) in [5.74, 6) is -2.10. The Hall–Kier alpha value is -2.12. The zero-order valence-corrected chi connectivity index (χ0v) is 12.4. The molecule has 1 aliphatic heterocycles. The lowest BCUT2D eigenvalue weighted by atomic mass is 9.64. The van der Waals surface area contributed by atoms with E-state index in [1.54, 1.807) is 0 Å². The maximum atomic E-state index is 12.6. The number of benzene rings is 1.